The Balaban J connectivity index is 1.26. The fraction of sp³-hybridized carbons (Fsp3) is 0.333. The molecule has 0 bridgehead atoms. The molecule has 0 aliphatic carbocycles. The van der Waals surface area contributed by atoms with Crippen LogP contribution < -0.4 is 14.8 Å². The summed E-state index contributed by atoms with van der Waals surface area (Å²) < 4.78 is 12.1. The smallest absolute Gasteiger partial charge is 0.231 e. The molecule has 0 saturated heterocycles. The summed E-state index contributed by atoms with van der Waals surface area (Å²) >= 11 is 0. The van der Waals surface area contributed by atoms with E-state index >= 15 is 0 Å². The van der Waals surface area contributed by atoms with Gasteiger partial charge in [0.2, 0.25) is 11.8 Å². The number of aromatic amines is 1. The summed E-state index contributed by atoms with van der Waals surface area (Å²) in [6.45, 7) is 0.579. The molecule has 0 spiro atoms. The highest BCUT2D eigenvalue weighted by atomic mass is 16.5. The van der Waals surface area contributed by atoms with E-state index < -0.39 is 0 Å². The molecule has 0 aliphatic rings. The Labute approximate surface area is 173 Å². The number of hydrogen-bond donors (Lipinski definition) is 2. The summed E-state index contributed by atoms with van der Waals surface area (Å²) in [5, 5.41) is 16.7. The Bertz CT molecular complexity index is 1080. The normalized spacial score (nSPS) is 11.1. The highest BCUT2D eigenvalue weighted by molar-refractivity contribution is 5.84. The van der Waals surface area contributed by atoms with Gasteiger partial charge in [0.15, 0.2) is 11.5 Å². The first-order valence-corrected chi connectivity index (χ1v) is 9.84. The van der Waals surface area contributed by atoms with Crippen LogP contribution in [-0.2, 0) is 17.6 Å². The van der Waals surface area contributed by atoms with Gasteiger partial charge in [0.05, 0.1) is 14.2 Å². The van der Waals surface area contributed by atoms with E-state index in [0.717, 1.165) is 28.6 Å². The van der Waals surface area contributed by atoms with E-state index in [1.54, 1.807) is 30.9 Å². The van der Waals surface area contributed by atoms with Crippen molar-refractivity contribution in [2.24, 2.45) is 0 Å². The fourth-order valence-electron chi connectivity index (χ4n) is 3.40. The molecule has 2 N–H and O–H groups in total. The molecule has 156 valence electrons. The monoisotopic (exact) mass is 408 g/mol. The van der Waals surface area contributed by atoms with E-state index in [-0.39, 0.29) is 5.91 Å². The summed E-state index contributed by atoms with van der Waals surface area (Å²) in [5.74, 6) is 2.05. The average molecular weight is 408 g/mol. The molecule has 0 radical (unpaired) electrons. The van der Waals surface area contributed by atoms with Crippen LogP contribution in [0.5, 0.6) is 11.6 Å². The molecule has 3 heterocycles. The maximum absolute atomic E-state index is 12.2. The Hall–Kier alpha value is -3.62. The number of H-pyrrole nitrogens is 1. The Morgan fingerprint density at radius 2 is 2.03 bits per heavy atom. The van der Waals surface area contributed by atoms with E-state index in [2.05, 4.69) is 25.6 Å². The van der Waals surface area contributed by atoms with Gasteiger partial charge in [-0.05, 0) is 42.7 Å². The summed E-state index contributed by atoms with van der Waals surface area (Å²) in [4.78, 5) is 15.5. The van der Waals surface area contributed by atoms with E-state index in [1.807, 2.05) is 24.4 Å². The number of carbonyl (C=O) groups excluding carboxylic acids is 1. The highest BCUT2D eigenvalue weighted by Crippen LogP contribution is 2.23. The van der Waals surface area contributed by atoms with E-state index in [0.29, 0.717) is 43.2 Å². The molecule has 0 unspecified atom stereocenters. The van der Waals surface area contributed by atoms with Gasteiger partial charge in [-0.25, -0.2) is 0 Å². The maximum atomic E-state index is 12.2. The maximum Gasteiger partial charge on any atom is 0.231 e. The predicted molar refractivity (Wildman–Crippen MR) is 112 cm³/mol. The fourth-order valence-corrected chi connectivity index (χ4v) is 3.40. The van der Waals surface area contributed by atoms with E-state index in [1.165, 1.54) is 0 Å². The number of rotatable bonds is 9. The summed E-state index contributed by atoms with van der Waals surface area (Å²) in [6, 6.07) is 9.47. The molecule has 0 atom stereocenters. The van der Waals surface area contributed by atoms with Gasteiger partial charge in [0, 0.05) is 42.6 Å². The van der Waals surface area contributed by atoms with Crippen molar-refractivity contribution in [1.82, 2.24) is 30.1 Å². The first-order valence-electron chi connectivity index (χ1n) is 9.84. The average Bonchev–Trinajstić information content (AvgIpc) is 3.37. The minimum Gasteiger partial charge on any atom is -0.497 e. The molecule has 9 nitrogen and oxygen atoms in total. The summed E-state index contributed by atoms with van der Waals surface area (Å²) in [7, 11) is 3.22. The minimum atomic E-state index is 0.0202. The molecule has 1 aromatic carbocycles. The van der Waals surface area contributed by atoms with Crippen molar-refractivity contribution in [3.05, 3.63) is 47.9 Å². The van der Waals surface area contributed by atoms with E-state index in [9.17, 15) is 4.79 Å². The van der Waals surface area contributed by atoms with Gasteiger partial charge < -0.3 is 19.8 Å². The Morgan fingerprint density at radius 1 is 1.13 bits per heavy atom. The van der Waals surface area contributed by atoms with Crippen LogP contribution in [0.1, 0.15) is 24.2 Å². The van der Waals surface area contributed by atoms with Crippen LogP contribution in [0.3, 0.4) is 0 Å². The third-order valence-corrected chi connectivity index (χ3v) is 5.01. The predicted octanol–water partition coefficient (Wildman–Crippen LogP) is 2.30. The third kappa shape index (κ3) is 4.19. The van der Waals surface area contributed by atoms with Crippen molar-refractivity contribution in [1.29, 1.82) is 0 Å². The number of aromatic nitrogens is 5. The Kier molecular flexibility index (Phi) is 5.78. The molecular weight excluding hydrogens is 384 g/mol. The molecule has 0 fully saturated rings. The quantitative estimate of drug-likeness (QED) is 0.440. The molecule has 9 heteroatoms. The lowest BCUT2D eigenvalue weighted by molar-refractivity contribution is -0.121. The first-order chi connectivity index (χ1) is 14.7. The van der Waals surface area contributed by atoms with Crippen LogP contribution in [-0.4, -0.2) is 51.5 Å². The second kappa shape index (κ2) is 8.81. The lowest BCUT2D eigenvalue weighted by atomic mass is 10.1. The zero-order valence-corrected chi connectivity index (χ0v) is 17.0. The molecule has 30 heavy (non-hydrogen) atoms. The van der Waals surface area contributed by atoms with Crippen molar-refractivity contribution in [3.63, 3.8) is 0 Å². The molecule has 4 aromatic rings. The number of nitrogens with one attached hydrogen (secondary N) is 2. The number of carbonyl (C=O) groups is 1. The summed E-state index contributed by atoms with van der Waals surface area (Å²) in [6.07, 6.45) is 4.42. The second-order valence-corrected chi connectivity index (χ2v) is 6.94. The number of hydrogen-bond acceptors (Lipinski definition) is 6. The molecule has 4 rings (SSSR count). The zero-order valence-electron chi connectivity index (χ0n) is 17.0. The number of ether oxygens (including phenoxy) is 2. The number of amides is 1. The van der Waals surface area contributed by atoms with Crippen molar-refractivity contribution in [2.45, 2.75) is 25.7 Å². The highest BCUT2D eigenvalue weighted by Gasteiger charge is 2.10. The molecular formula is C21H24N6O3. The van der Waals surface area contributed by atoms with Crippen LogP contribution in [0.15, 0.2) is 36.5 Å². The van der Waals surface area contributed by atoms with Crippen LogP contribution in [0.4, 0.5) is 0 Å². The van der Waals surface area contributed by atoms with Crippen LogP contribution in [0, 0.1) is 0 Å². The first kappa shape index (κ1) is 19.7. The van der Waals surface area contributed by atoms with Gasteiger partial charge in [0.1, 0.15) is 5.75 Å². The van der Waals surface area contributed by atoms with Crippen LogP contribution >= 0.6 is 0 Å². The van der Waals surface area contributed by atoms with Crippen LogP contribution in [0.2, 0.25) is 0 Å². The topological polar surface area (TPSA) is 106 Å². The zero-order chi connectivity index (χ0) is 20.9. The number of aryl methyl sites for hydroxylation is 1. The van der Waals surface area contributed by atoms with Gasteiger partial charge in [0.25, 0.3) is 0 Å². The SMILES string of the molecule is COc1ccc2[nH]cc(CCNC(=O)CCCc3nnc4ccc(OC)nn34)c2c1. The van der Waals surface area contributed by atoms with Crippen LogP contribution in [0.25, 0.3) is 16.6 Å². The van der Waals surface area contributed by atoms with E-state index in [4.69, 9.17) is 9.47 Å². The number of nitrogens with zero attached hydrogens (tertiary/aromatic N) is 4. The van der Waals surface area contributed by atoms with Gasteiger partial charge in [-0.15, -0.1) is 15.3 Å². The van der Waals surface area contributed by atoms with Crippen molar-refractivity contribution in [2.75, 3.05) is 20.8 Å². The lowest BCUT2D eigenvalue weighted by Crippen LogP contribution is -2.25. The van der Waals surface area contributed by atoms with Gasteiger partial charge in [-0.2, -0.15) is 4.52 Å². The van der Waals surface area contributed by atoms with Gasteiger partial charge >= 0.3 is 0 Å². The Morgan fingerprint density at radius 3 is 2.87 bits per heavy atom. The van der Waals surface area contributed by atoms with Crippen molar-refractivity contribution < 1.29 is 14.3 Å². The van der Waals surface area contributed by atoms with Crippen molar-refractivity contribution >= 4 is 22.5 Å². The minimum absolute atomic E-state index is 0.0202. The molecule has 0 saturated carbocycles. The second-order valence-electron chi connectivity index (χ2n) is 6.94. The van der Waals surface area contributed by atoms with Crippen molar-refractivity contribution in [3.8, 4) is 11.6 Å². The molecule has 3 aromatic heterocycles. The number of methoxy groups -OCH3 is 2. The summed E-state index contributed by atoms with van der Waals surface area (Å²) in [5.41, 5.74) is 2.87. The van der Waals surface area contributed by atoms with Gasteiger partial charge in [-0.3, -0.25) is 4.79 Å². The van der Waals surface area contributed by atoms with Gasteiger partial charge in [-0.1, -0.05) is 0 Å². The lowest BCUT2D eigenvalue weighted by Gasteiger charge is -2.05. The number of fused-ring (bicyclic) bond motifs is 2. The number of benzene rings is 1. The molecule has 0 aliphatic heterocycles. The largest absolute Gasteiger partial charge is 0.497 e. The molecule has 1 amide bonds. The third-order valence-electron chi connectivity index (χ3n) is 5.01. The standard InChI is InChI=1S/C21H24N6O3/c1-29-15-6-7-17-16(12-15)14(13-23-17)10-11-22-20(28)5-3-4-18-24-25-19-8-9-21(30-2)26-27(18)19/h6-9,12-13,23H,3-5,10-11H2,1-2H3,(H,22,28).